The van der Waals surface area contributed by atoms with Gasteiger partial charge < -0.3 is 10.0 Å². The molecule has 1 heterocycles. The third-order valence-corrected chi connectivity index (χ3v) is 2.87. The predicted molar refractivity (Wildman–Crippen MR) is 51.3 cm³/mol. The Morgan fingerprint density at radius 3 is 2.92 bits per heavy atom. The number of carbonyl (C=O) groups is 1. The van der Waals surface area contributed by atoms with Crippen molar-refractivity contribution >= 4 is 5.91 Å². The fourth-order valence-corrected chi connectivity index (χ4v) is 1.86. The zero-order chi connectivity index (χ0) is 9.68. The molecule has 1 rings (SSSR count). The minimum atomic E-state index is 0.0858. The SMILES string of the molecule is CCC1CCC(=O)N(CCO)CC1. The van der Waals surface area contributed by atoms with Crippen molar-refractivity contribution < 1.29 is 9.90 Å². The molecular formula is C10H19NO2. The van der Waals surface area contributed by atoms with Crippen LogP contribution in [0.3, 0.4) is 0 Å². The van der Waals surface area contributed by atoms with Crippen LogP contribution in [0.1, 0.15) is 32.6 Å². The van der Waals surface area contributed by atoms with Gasteiger partial charge in [0.2, 0.25) is 5.91 Å². The fraction of sp³-hybridized carbons (Fsp3) is 0.900. The molecule has 0 aromatic carbocycles. The van der Waals surface area contributed by atoms with Gasteiger partial charge in [-0.25, -0.2) is 0 Å². The summed E-state index contributed by atoms with van der Waals surface area (Å²) in [5.74, 6) is 0.914. The van der Waals surface area contributed by atoms with Gasteiger partial charge in [0, 0.05) is 19.5 Å². The second-order valence-electron chi connectivity index (χ2n) is 3.71. The van der Waals surface area contributed by atoms with Crippen molar-refractivity contribution in [3.05, 3.63) is 0 Å². The van der Waals surface area contributed by atoms with Gasteiger partial charge in [0.05, 0.1) is 6.61 Å². The van der Waals surface area contributed by atoms with Crippen LogP contribution in [-0.2, 0) is 4.79 Å². The second kappa shape index (κ2) is 5.22. The van der Waals surface area contributed by atoms with E-state index in [0.29, 0.717) is 18.9 Å². The number of carbonyl (C=O) groups excluding carboxylic acids is 1. The van der Waals surface area contributed by atoms with Crippen LogP contribution in [0.5, 0.6) is 0 Å². The summed E-state index contributed by atoms with van der Waals surface area (Å²) in [6, 6.07) is 0. The van der Waals surface area contributed by atoms with Crippen LogP contribution in [0.25, 0.3) is 0 Å². The lowest BCUT2D eigenvalue weighted by atomic mass is 9.98. The summed E-state index contributed by atoms with van der Waals surface area (Å²) >= 11 is 0. The maximum atomic E-state index is 11.5. The summed E-state index contributed by atoms with van der Waals surface area (Å²) in [5, 5.41) is 8.76. The van der Waals surface area contributed by atoms with E-state index in [2.05, 4.69) is 6.92 Å². The molecule has 3 heteroatoms. The summed E-state index contributed by atoms with van der Waals surface area (Å²) < 4.78 is 0. The van der Waals surface area contributed by atoms with E-state index < -0.39 is 0 Å². The van der Waals surface area contributed by atoms with E-state index in [1.807, 2.05) is 0 Å². The highest BCUT2D eigenvalue weighted by atomic mass is 16.3. The van der Waals surface area contributed by atoms with E-state index in [0.717, 1.165) is 19.4 Å². The molecular weight excluding hydrogens is 166 g/mol. The molecule has 1 amide bonds. The maximum Gasteiger partial charge on any atom is 0.222 e. The van der Waals surface area contributed by atoms with Gasteiger partial charge >= 0.3 is 0 Å². The van der Waals surface area contributed by atoms with Gasteiger partial charge in [-0.2, -0.15) is 0 Å². The van der Waals surface area contributed by atoms with Crippen molar-refractivity contribution in [2.45, 2.75) is 32.6 Å². The lowest BCUT2D eigenvalue weighted by Crippen LogP contribution is -2.32. The smallest absolute Gasteiger partial charge is 0.222 e. The number of hydrogen-bond acceptors (Lipinski definition) is 2. The van der Waals surface area contributed by atoms with Crippen molar-refractivity contribution in [1.82, 2.24) is 4.90 Å². The van der Waals surface area contributed by atoms with Crippen molar-refractivity contribution in [1.29, 1.82) is 0 Å². The van der Waals surface area contributed by atoms with Gasteiger partial charge in [0.25, 0.3) is 0 Å². The van der Waals surface area contributed by atoms with Gasteiger partial charge in [0.15, 0.2) is 0 Å². The lowest BCUT2D eigenvalue weighted by molar-refractivity contribution is -0.131. The van der Waals surface area contributed by atoms with Gasteiger partial charge in [-0.05, 0) is 18.8 Å². The third-order valence-electron chi connectivity index (χ3n) is 2.87. The van der Waals surface area contributed by atoms with Gasteiger partial charge in [-0.1, -0.05) is 13.3 Å². The molecule has 0 radical (unpaired) electrons. The van der Waals surface area contributed by atoms with Crippen LogP contribution in [0.4, 0.5) is 0 Å². The number of β-amino-alcohol motifs (C(OH)–C–C–N with tert-alkyl or cyclic N) is 1. The summed E-state index contributed by atoms with van der Waals surface area (Å²) in [7, 11) is 0. The van der Waals surface area contributed by atoms with Crippen LogP contribution >= 0.6 is 0 Å². The number of aliphatic hydroxyl groups is 1. The summed E-state index contributed by atoms with van der Waals surface area (Å²) in [6.45, 7) is 3.60. The molecule has 1 aliphatic rings. The molecule has 0 bridgehead atoms. The van der Waals surface area contributed by atoms with E-state index in [1.54, 1.807) is 4.90 Å². The molecule has 1 aliphatic heterocycles. The Bertz CT molecular complexity index is 170. The van der Waals surface area contributed by atoms with Crippen molar-refractivity contribution in [3.8, 4) is 0 Å². The highest BCUT2D eigenvalue weighted by Crippen LogP contribution is 2.20. The van der Waals surface area contributed by atoms with E-state index in [1.165, 1.54) is 6.42 Å². The molecule has 0 spiro atoms. The van der Waals surface area contributed by atoms with Crippen LogP contribution in [-0.4, -0.2) is 35.6 Å². The molecule has 0 aliphatic carbocycles. The van der Waals surface area contributed by atoms with Crippen LogP contribution in [0.2, 0.25) is 0 Å². The second-order valence-corrected chi connectivity index (χ2v) is 3.71. The predicted octanol–water partition coefficient (Wildman–Crippen LogP) is 1.02. The highest BCUT2D eigenvalue weighted by molar-refractivity contribution is 5.76. The average molecular weight is 185 g/mol. The van der Waals surface area contributed by atoms with Crippen LogP contribution < -0.4 is 0 Å². The zero-order valence-corrected chi connectivity index (χ0v) is 8.33. The number of hydrogen-bond donors (Lipinski definition) is 1. The first-order valence-electron chi connectivity index (χ1n) is 5.16. The van der Waals surface area contributed by atoms with Crippen molar-refractivity contribution in [2.75, 3.05) is 19.7 Å². The Kier molecular flexibility index (Phi) is 4.22. The highest BCUT2D eigenvalue weighted by Gasteiger charge is 2.20. The quantitative estimate of drug-likeness (QED) is 0.713. The van der Waals surface area contributed by atoms with Gasteiger partial charge in [-0.15, -0.1) is 0 Å². The average Bonchev–Trinajstić information content (AvgIpc) is 2.31. The first kappa shape index (κ1) is 10.5. The normalized spacial score (nSPS) is 24.6. The standard InChI is InChI=1S/C10H19NO2/c1-2-9-3-4-10(13)11(6-5-9)7-8-12/h9,12H,2-8H2,1H3. The van der Waals surface area contributed by atoms with E-state index in [4.69, 9.17) is 5.11 Å². The molecule has 0 saturated carbocycles. The Balaban J connectivity index is 2.44. The summed E-state index contributed by atoms with van der Waals surface area (Å²) in [5.41, 5.74) is 0. The first-order valence-corrected chi connectivity index (χ1v) is 5.16. The molecule has 1 fully saturated rings. The molecule has 1 saturated heterocycles. The number of amides is 1. The number of rotatable bonds is 3. The number of aliphatic hydroxyl groups excluding tert-OH is 1. The van der Waals surface area contributed by atoms with E-state index in [-0.39, 0.29) is 12.5 Å². The molecule has 1 unspecified atom stereocenters. The van der Waals surface area contributed by atoms with Crippen LogP contribution in [0.15, 0.2) is 0 Å². The molecule has 1 atom stereocenters. The van der Waals surface area contributed by atoms with Crippen LogP contribution in [0, 0.1) is 5.92 Å². The topological polar surface area (TPSA) is 40.5 Å². The van der Waals surface area contributed by atoms with Crippen molar-refractivity contribution in [2.24, 2.45) is 5.92 Å². The Morgan fingerprint density at radius 1 is 1.54 bits per heavy atom. The molecule has 1 N–H and O–H groups in total. The zero-order valence-electron chi connectivity index (χ0n) is 8.33. The minimum Gasteiger partial charge on any atom is -0.395 e. The maximum absolute atomic E-state index is 11.5. The largest absolute Gasteiger partial charge is 0.395 e. The summed E-state index contributed by atoms with van der Waals surface area (Å²) in [4.78, 5) is 13.3. The monoisotopic (exact) mass is 185 g/mol. The Labute approximate surface area is 79.7 Å². The van der Waals surface area contributed by atoms with Gasteiger partial charge in [-0.3, -0.25) is 4.79 Å². The molecule has 76 valence electrons. The summed E-state index contributed by atoms with van der Waals surface area (Å²) in [6.07, 6.45) is 3.96. The molecule has 3 nitrogen and oxygen atoms in total. The number of likely N-dealkylation sites (tertiary alicyclic amines) is 1. The molecule has 0 aromatic rings. The van der Waals surface area contributed by atoms with Crippen molar-refractivity contribution in [3.63, 3.8) is 0 Å². The molecule has 13 heavy (non-hydrogen) atoms. The minimum absolute atomic E-state index is 0.0858. The molecule has 0 aromatic heterocycles. The first-order chi connectivity index (χ1) is 6.27. The fourth-order valence-electron chi connectivity index (χ4n) is 1.86. The third kappa shape index (κ3) is 2.99. The van der Waals surface area contributed by atoms with E-state index in [9.17, 15) is 4.79 Å². The number of nitrogens with zero attached hydrogens (tertiary/aromatic N) is 1. The van der Waals surface area contributed by atoms with Gasteiger partial charge in [0.1, 0.15) is 0 Å². The lowest BCUT2D eigenvalue weighted by Gasteiger charge is -2.19. The Hall–Kier alpha value is -0.570. The Morgan fingerprint density at radius 2 is 2.31 bits per heavy atom. The van der Waals surface area contributed by atoms with E-state index >= 15 is 0 Å².